The van der Waals surface area contributed by atoms with Crippen LogP contribution in [0.2, 0.25) is 0 Å². The van der Waals surface area contributed by atoms with Gasteiger partial charge in [0.05, 0.1) is 17.3 Å². The van der Waals surface area contributed by atoms with Crippen molar-refractivity contribution in [1.82, 2.24) is 14.9 Å². The zero-order valence-corrected chi connectivity index (χ0v) is 18.6. The molecule has 2 heterocycles. The lowest BCUT2D eigenvalue weighted by Crippen LogP contribution is -2.37. The molecule has 4 rings (SSSR count). The number of hydrogen-bond donors (Lipinski definition) is 2. The van der Waals surface area contributed by atoms with Crippen LogP contribution in [-0.2, 0) is 13.0 Å². The minimum Gasteiger partial charge on any atom is -0.388 e. The summed E-state index contributed by atoms with van der Waals surface area (Å²) in [4.78, 5) is 22.9. The summed E-state index contributed by atoms with van der Waals surface area (Å²) < 4.78 is 0. The summed E-state index contributed by atoms with van der Waals surface area (Å²) >= 11 is 0. The van der Waals surface area contributed by atoms with Crippen molar-refractivity contribution in [2.75, 3.05) is 13.1 Å². The Balaban J connectivity index is 1.50. The lowest BCUT2D eigenvalue weighted by molar-refractivity contribution is 0.0713. The molecule has 0 saturated carbocycles. The maximum Gasteiger partial charge on any atom is 0.253 e. The third-order valence-electron chi connectivity index (χ3n) is 6.36. The van der Waals surface area contributed by atoms with Gasteiger partial charge in [0.25, 0.3) is 5.91 Å². The van der Waals surface area contributed by atoms with Gasteiger partial charge in [-0.05, 0) is 67.5 Å². The monoisotopic (exact) mass is 428 g/mol. The Morgan fingerprint density at radius 2 is 1.94 bits per heavy atom. The second-order valence-electron chi connectivity index (χ2n) is 8.35. The number of likely N-dealkylation sites (tertiary alicyclic amines) is 1. The predicted molar refractivity (Wildman–Crippen MR) is 123 cm³/mol. The molecular formula is C26H28N4O2. The summed E-state index contributed by atoms with van der Waals surface area (Å²) in [6.45, 7) is 5.34. The third kappa shape index (κ3) is 4.30. The number of aromatic amines is 1. The van der Waals surface area contributed by atoms with E-state index in [1.54, 1.807) is 0 Å². The van der Waals surface area contributed by atoms with Crippen molar-refractivity contribution in [2.45, 2.75) is 45.6 Å². The maximum absolute atomic E-state index is 13.3. The maximum atomic E-state index is 13.3. The first kappa shape index (κ1) is 21.8. The summed E-state index contributed by atoms with van der Waals surface area (Å²) in [7, 11) is 0. The van der Waals surface area contributed by atoms with Crippen LogP contribution in [0.15, 0.2) is 42.5 Å². The Hall–Kier alpha value is -3.43. The number of nitriles is 1. The average molecular weight is 429 g/mol. The van der Waals surface area contributed by atoms with Crippen molar-refractivity contribution in [1.29, 1.82) is 5.26 Å². The quantitative estimate of drug-likeness (QED) is 0.632. The fourth-order valence-corrected chi connectivity index (χ4v) is 4.46. The number of nitrogens with zero attached hydrogens (tertiary/aromatic N) is 3. The number of amides is 1. The summed E-state index contributed by atoms with van der Waals surface area (Å²) in [6, 6.07) is 15.7. The SMILES string of the molecule is CCc1[nH]c(CO)nc1-c1cc(C(=O)N2CCC(c3ccc(C#N)cc3)CC2)ccc1C. The van der Waals surface area contributed by atoms with E-state index in [9.17, 15) is 9.90 Å². The largest absolute Gasteiger partial charge is 0.388 e. The van der Waals surface area contributed by atoms with Gasteiger partial charge >= 0.3 is 0 Å². The number of rotatable bonds is 5. The molecule has 2 N–H and O–H groups in total. The van der Waals surface area contributed by atoms with Gasteiger partial charge in [0.1, 0.15) is 12.4 Å². The molecule has 3 aromatic rings. The normalized spacial score (nSPS) is 14.4. The van der Waals surface area contributed by atoms with Crippen LogP contribution in [0.1, 0.15) is 64.2 Å². The Labute approximate surface area is 188 Å². The number of H-pyrrole nitrogens is 1. The molecule has 0 radical (unpaired) electrons. The van der Waals surface area contributed by atoms with Gasteiger partial charge in [0.2, 0.25) is 0 Å². The second-order valence-corrected chi connectivity index (χ2v) is 8.35. The van der Waals surface area contributed by atoms with Crippen molar-refractivity contribution in [3.63, 3.8) is 0 Å². The summed E-state index contributed by atoms with van der Waals surface area (Å²) in [5.74, 6) is 0.992. The molecular weight excluding hydrogens is 400 g/mol. The van der Waals surface area contributed by atoms with Crippen molar-refractivity contribution < 1.29 is 9.90 Å². The first-order valence-electron chi connectivity index (χ1n) is 11.1. The highest BCUT2D eigenvalue weighted by molar-refractivity contribution is 5.95. The molecule has 0 spiro atoms. The summed E-state index contributed by atoms with van der Waals surface area (Å²) in [5, 5.41) is 18.4. The molecule has 1 aromatic heterocycles. The zero-order valence-electron chi connectivity index (χ0n) is 18.6. The number of nitrogens with one attached hydrogen (secondary N) is 1. The van der Waals surface area contributed by atoms with Crippen molar-refractivity contribution >= 4 is 5.91 Å². The van der Waals surface area contributed by atoms with Crippen LogP contribution in [0, 0.1) is 18.3 Å². The van der Waals surface area contributed by atoms with Crippen LogP contribution in [0.5, 0.6) is 0 Å². The molecule has 0 bridgehead atoms. The number of aromatic nitrogens is 2. The number of hydrogen-bond acceptors (Lipinski definition) is 4. The van der Waals surface area contributed by atoms with Crippen LogP contribution in [0.25, 0.3) is 11.3 Å². The highest BCUT2D eigenvalue weighted by Crippen LogP contribution is 2.31. The van der Waals surface area contributed by atoms with E-state index in [0.717, 1.165) is 41.8 Å². The lowest BCUT2D eigenvalue weighted by atomic mass is 9.88. The Morgan fingerprint density at radius 1 is 1.22 bits per heavy atom. The van der Waals surface area contributed by atoms with Gasteiger partial charge in [-0.1, -0.05) is 25.1 Å². The molecule has 164 valence electrons. The first-order chi connectivity index (χ1) is 15.5. The van der Waals surface area contributed by atoms with Gasteiger partial charge < -0.3 is 15.0 Å². The van der Waals surface area contributed by atoms with Gasteiger partial charge in [-0.25, -0.2) is 4.98 Å². The highest BCUT2D eigenvalue weighted by atomic mass is 16.3. The number of carbonyl (C=O) groups excluding carboxylic acids is 1. The molecule has 1 aliphatic rings. The number of piperidine rings is 1. The third-order valence-corrected chi connectivity index (χ3v) is 6.36. The average Bonchev–Trinajstić information content (AvgIpc) is 3.27. The Kier molecular flexibility index (Phi) is 6.38. The van der Waals surface area contributed by atoms with Crippen LogP contribution in [0.3, 0.4) is 0 Å². The lowest BCUT2D eigenvalue weighted by Gasteiger charge is -2.32. The van der Waals surface area contributed by atoms with E-state index in [1.807, 2.05) is 61.2 Å². The van der Waals surface area contributed by atoms with Gasteiger partial charge in [0, 0.05) is 29.9 Å². The number of aliphatic hydroxyl groups is 1. The van der Waals surface area contributed by atoms with Crippen molar-refractivity contribution in [2.24, 2.45) is 0 Å². The summed E-state index contributed by atoms with van der Waals surface area (Å²) in [6.07, 6.45) is 2.59. The van der Waals surface area contributed by atoms with E-state index in [4.69, 9.17) is 5.26 Å². The standard InChI is InChI=1S/C26H28N4O2/c1-3-23-25(29-24(16-31)28-23)22-14-21(7-4-17(22)2)26(32)30-12-10-20(11-13-30)19-8-5-18(15-27)6-9-19/h4-9,14,20,31H,3,10-13,16H2,1-2H3,(H,28,29). The minimum atomic E-state index is -0.140. The predicted octanol–water partition coefficient (Wildman–Crippen LogP) is 4.33. The number of aliphatic hydroxyl groups excluding tert-OH is 1. The molecule has 2 aromatic carbocycles. The van der Waals surface area contributed by atoms with Crippen LogP contribution in [-0.4, -0.2) is 39.0 Å². The van der Waals surface area contributed by atoms with E-state index < -0.39 is 0 Å². The van der Waals surface area contributed by atoms with E-state index in [0.29, 0.717) is 36.0 Å². The topological polar surface area (TPSA) is 93.0 Å². The molecule has 6 nitrogen and oxygen atoms in total. The van der Waals surface area contributed by atoms with Crippen LogP contribution >= 0.6 is 0 Å². The van der Waals surface area contributed by atoms with Gasteiger partial charge in [-0.15, -0.1) is 0 Å². The fourth-order valence-electron chi connectivity index (χ4n) is 4.46. The number of benzene rings is 2. The molecule has 0 atom stereocenters. The second kappa shape index (κ2) is 9.37. The highest BCUT2D eigenvalue weighted by Gasteiger charge is 2.25. The fraction of sp³-hybridized carbons (Fsp3) is 0.346. The molecule has 1 fully saturated rings. The van der Waals surface area contributed by atoms with Crippen molar-refractivity contribution in [3.8, 4) is 17.3 Å². The Morgan fingerprint density at radius 3 is 2.56 bits per heavy atom. The van der Waals surface area contributed by atoms with Gasteiger partial charge in [-0.2, -0.15) is 5.26 Å². The molecule has 0 unspecified atom stereocenters. The molecule has 6 heteroatoms. The van der Waals surface area contributed by atoms with E-state index in [-0.39, 0.29) is 12.5 Å². The van der Waals surface area contributed by atoms with E-state index >= 15 is 0 Å². The van der Waals surface area contributed by atoms with E-state index in [2.05, 4.69) is 16.0 Å². The van der Waals surface area contributed by atoms with Crippen LogP contribution in [0.4, 0.5) is 0 Å². The number of imidazole rings is 1. The molecule has 32 heavy (non-hydrogen) atoms. The van der Waals surface area contributed by atoms with Gasteiger partial charge in [0.15, 0.2) is 0 Å². The molecule has 0 aliphatic carbocycles. The number of aryl methyl sites for hydroxylation is 2. The Bertz CT molecular complexity index is 1150. The van der Waals surface area contributed by atoms with E-state index in [1.165, 1.54) is 5.56 Å². The van der Waals surface area contributed by atoms with Crippen molar-refractivity contribution in [3.05, 3.63) is 76.2 Å². The number of carbonyl (C=O) groups is 1. The molecule has 1 saturated heterocycles. The zero-order chi connectivity index (χ0) is 22.7. The molecule has 1 amide bonds. The minimum absolute atomic E-state index is 0.0421. The van der Waals surface area contributed by atoms with Gasteiger partial charge in [-0.3, -0.25) is 4.79 Å². The molecule has 1 aliphatic heterocycles. The first-order valence-corrected chi connectivity index (χ1v) is 11.1. The summed E-state index contributed by atoms with van der Waals surface area (Å²) in [5.41, 5.74) is 6.32. The smallest absolute Gasteiger partial charge is 0.253 e. The van der Waals surface area contributed by atoms with Crippen LogP contribution < -0.4 is 0 Å².